The van der Waals surface area contributed by atoms with E-state index >= 15 is 0 Å². The van der Waals surface area contributed by atoms with E-state index in [1.807, 2.05) is 19.9 Å². The van der Waals surface area contributed by atoms with Gasteiger partial charge in [-0.15, -0.1) is 0 Å². The van der Waals surface area contributed by atoms with Crippen LogP contribution in [0, 0.1) is 13.8 Å². The van der Waals surface area contributed by atoms with Crippen LogP contribution in [-0.2, 0) is 10.0 Å². The summed E-state index contributed by atoms with van der Waals surface area (Å²) in [4.78, 5) is 0.296. The van der Waals surface area contributed by atoms with Gasteiger partial charge in [0, 0.05) is 6.07 Å². The molecule has 0 heterocycles. The van der Waals surface area contributed by atoms with Crippen molar-refractivity contribution < 1.29 is 13.2 Å². The Kier molecular flexibility index (Phi) is 4.53. The Bertz CT molecular complexity index is 739. The largest absolute Gasteiger partial charge is 0.494 e. The molecule has 0 unspecified atom stereocenters. The van der Waals surface area contributed by atoms with Gasteiger partial charge in [0.15, 0.2) is 0 Å². The molecule has 2 rings (SSSR count). The number of sulfonamides is 1. The monoisotopic (exact) mass is 305 g/mol. The predicted molar refractivity (Wildman–Crippen MR) is 84.3 cm³/mol. The molecule has 1 N–H and O–H groups in total. The normalized spacial score (nSPS) is 11.2. The van der Waals surface area contributed by atoms with Gasteiger partial charge in [-0.3, -0.25) is 4.72 Å². The van der Waals surface area contributed by atoms with Crippen LogP contribution in [0.15, 0.2) is 47.4 Å². The summed E-state index contributed by atoms with van der Waals surface area (Å²) in [6.07, 6.45) is 0. The highest BCUT2D eigenvalue weighted by molar-refractivity contribution is 7.92. The molecule has 0 saturated carbocycles. The highest BCUT2D eigenvalue weighted by atomic mass is 32.2. The van der Waals surface area contributed by atoms with Crippen molar-refractivity contribution in [1.82, 2.24) is 0 Å². The molecular formula is C16H19NO3S. The van der Waals surface area contributed by atoms with Crippen LogP contribution in [0.3, 0.4) is 0 Å². The van der Waals surface area contributed by atoms with E-state index in [1.54, 1.807) is 43.3 Å². The van der Waals surface area contributed by atoms with Crippen LogP contribution in [0.1, 0.15) is 18.1 Å². The average Bonchev–Trinajstić information content (AvgIpc) is 2.42. The molecule has 0 aliphatic carbocycles. The first-order valence-corrected chi connectivity index (χ1v) is 8.23. The molecule has 0 atom stereocenters. The summed E-state index contributed by atoms with van der Waals surface area (Å²) in [6.45, 7) is 6.07. The minimum absolute atomic E-state index is 0.296. The summed E-state index contributed by atoms with van der Waals surface area (Å²) >= 11 is 0. The smallest absolute Gasteiger partial charge is 0.262 e. The zero-order valence-electron chi connectivity index (χ0n) is 12.4. The quantitative estimate of drug-likeness (QED) is 0.919. The van der Waals surface area contributed by atoms with E-state index in [4.69, 9.17) is 4.74 Å². The molecule has 0 spiro atoms. The number of hydrogen-bond donors (Lipinski definition) is 1. The standard InChI is InChI=1S/C16H19NO3S/c1-4-20-15-7-5-6-14(11-15)17-21(18,19)16-10-12(2)8-9-13(16)3/h5-11,17H,4H2,1-3H3. The Morgan fingerprint density at radius 3 is 2.57 bits per heavy atom. The fraction of sp³-hybridized carbons (Fsp3) is 0.250. The first kappa shape index (κ1) is 15.4. The molecule has 112 valence electrons. The number of hydrogen-bond acceptors (Lipinski definition) is 3. The van der Waals surface area contributed by atoms with Gasteiger partial charge >= 0.3 is 0 Å². The van der Waals surface area contributed by atoms with Crippen LogP contribution in [0.5, 0.6) is 5.75 Å². The second kappa shape index (κ2) is 6.18. The van der Waals surface area contributed by atoms with Crippen molar-refractivity contribution in [2.24, 2.45) is 0 Å². The molecule has 0 bridgehead atoms. The molecule has 4 nitrogen and oxygen atoms in total. The third-order valence-electron chi connectivity index (χ3n) is 3.03. The molecule has 0 amide bonds. The van der Waals surface area contributed by atoms with E-state index in [9.17, 15) is 8.42 Å². The SMILES string of the molecule is CCOc1cccc(NS(=O)(=O)c2cc(C)ccc2C)c1. The summed E-state index contributed by atoms with van der Waals surface area (Å²) in [5.41, 5.74) is 2.11. The number of ether oxygens (including phenoxy) is 1. The highest BCUT2D eigenvalue weighted by Gasteiger charge is 2.17. The summed E-state index contributed by atoms with van der Waals surface area (Å²) < 4.78 is 33.0. The van der Waals surface area contributed by atoms with Crippen molar-refractivity contribution >= 4 is 15.7 Å². The van der Waals surface area contributed by atoms with E-state index in [-0.39, 0.29) is 0 Å². The van der Waals surface area contributed by atoms with E-state index in [0.717, 1.165) is 5.56 Å². The van der Waals surface area contributed by atoms with Crippen molar-refractivity contribution in [2.75, 3.05) is 11.3 Å². The third kappa shape index (κ3) is 3.76. The van der Waals surface area contributed by atoms with E-state index < -0.39 is 10.0 Å². The fourth-order valence-corrected chi connectivity index (χ4v) is 3.40. The minimum atomic E-state index is -3.60. The fourth-order valence-electron chi connectivity index (χ4n) is 2.02. The van der Waals surface area contributed by atoms with Crippen molar-refractivity contribution in [3.05, 3.63) is 53.6 Å². The molecule has 0 radical (unpaired) electrons. The van der Waals surface area contributed by atoms with Gasteiger partial charge in [0.1, 0.15) is 5.75 Å². The van der Waals surface area contributed by atoms with E-state index in [1.165, 1.54) is 0 Å². The lowest BCUT2D eigenvalue weighted by Crippen LogP contribution is -2.14. The van der Waals surface area contributed by atoms with Crippen LogP contribution in [0.4, 0.5) is 5.69 Å². The molecule has 2 aromatic carbocycles. The number of rotatable bonds is 5. The van der Waals surface area contributed by atoms with E-state index in [0.29, 0.717) is 28.5 Å². The van der Waals surface area contributed by atoms with Gasteiger partial charge in [-0.1, -0.05) is 18.2 Å². The van der Waals surface area contributed by atoms with Crippen LogP contribution in [0.2, 0.25) is 0 Å². The van der Waals surface area contributed by atoms with Crippen LogP contribution < -0.4 is 9.46 Å². The molecule has 0 fully saturated rings. The maximum absolute atomic E-state index is 12.5. The van der Waals surface area contributed by atoms with Gasteiger partial charge < -0.3 is 4.74 Å². The lowest BCUT2D eigenvalue weighted by molar-refractivity contribution is 0.340. The first-order chi connectivity index (χ1) is 9.92. The van der Waals surface area contributed by atoms with Crippen LogP contribution in [0.25, 0.3) is 0 Å². The van der Waals surface area contributed by atoms with Gasteiger partial charge in [-0.2, -0.15) is 0 Å². The maximum atomic E-state index is 12.5. The second-order valence-electron chi connectivity index (χ2n) is 4.84. The summed E-state index contributed by atoms with van der Waals surface area (Å²) in [6, 6.07) is 12.3. The molecule has 0 aliphatic rings. The average molecular weight is 305 g/mol. The van der Waals surface area contributed by atoms with Gasteiger partial charge in [-0.05, 0) is 50.1 Å². The maximum Gasteiger partial charge on any atom is 0.262 e. The summed E-state index contributed by atoms with van der Waals surface area (Å²) in [5.74, 6) is 0.638. The number of benzene rings is 2. The highest BCUT2D eigenvalue weighted by Crippen LogP contribution is 2.23. The third-order valence-corrected chi connectivity index (χ3v) is 4.55. The van der Waals surface area contributed by atoms with Gasteiger partial charge in [0.2, 0.25) is 0 Å². The Hall–Kier alpha value is -2.01. The Morgan fingerprint density at radius 2 is 1.86 bits per heavy atom. The first-order valence-electron chi connectivity index (χ1n) is 6.75. The molecule has 5 heteroatoms. The Morgan fingerprint density at radius 1 is 1.10 bits per heavy atom. The number of anilines is 1. The second-order valence-corrected chi connectivity index (χ2v) is 6.49. The molecule has 0 aromatic heterocycles. The molecule has 0 saturated heterocycles. The van der Waals surface area contributed by atoms with Crippen molar-refractivity contribution in [2.45, 2.75) is 25.7 Å². The van der Waals surface area contributed by atoms with Crippen LogP contribution in [-0.4, -0.2) is 15.0 Å². The zero-order chi connectivity index (χ0) is 15.5. The molecule has 0 aliphatic heterocycles. The van der Waals surface area contributed by atoms with Crippen molar-refractivity contribution in [3.8, 4) is 5.75 Å². The summed E-state index contributed by atoms with van der Waals surface area (Å²) in [7, 11) is -3.60. The van der Waals surface area contributed by atoms with Crippen LogP contribution >= 0.6 is 0 Å². The van der Waals surface area contributed by atoms with E-state index in [2.05, 4.69) is 4.72 Å². The zero-order valence-corrected chi connectivity index (χ0v) is 13.2. The number of nitrogens with one attached hydrogen (secondary N) is 1. The van der Waals surface area contributed by atoms with Crippen molar-refractivity contribution in [1.29, 1.82) is 0 Å². The Labute approximate surface area is 125 Å². The molecule has 2 aromatic rings. The number of aryl methyl sites for hydroxylation is 2. The predicted octanol–water partition coefficient (Wildman–Crippen LogP) is 3.50. The lowest BCUT2D eigenvalue weighted by Gasteiger charge is -2.12. The Balaban J connectivity index is 2.33. The molecule has 21 heavy (non-hydrogen) atoms. The summed E-state index contributed by atoms with van der Waals surface area (Å²) in [5, 5.41) is 0. The minimum Gasteiger partial charge on any atom is -0.494 e. The lowest BCUT2D eigenvalue weighted by atomic mass is 10.2. The van der Waals surface area contributed by atoms with Gasteiger partial charge in [-0.25, -0.2) is 8.42 Å². The topological polar surface area (TPSA) is 55.4 Å². The van der Waals surface area contributed by atoms with Crippen molar-refractivity contribution in [3.63, 3.8) is 0 Å². The molecular weight excluding hydrogens is 286 g/mol. The van der Waals surface area contributed by atoms with Gasteiger partial charge in [0.05, 0.1) is 17.2 Å². The van der Waals surface area contributed by atoms with Gasteiger partial charge in [0.25, 0.3) is 10.0 Å².